The first-order chi connectivity index (χ1) is 5.17. The molecule has 0 aromatic heterocycles. The van der Waals surface area contributed by atoms with Gasteiger partial charge in [-0.05, 0) is 18.8 Å². The maximum atomic E-state index is 5.92. The lowest BCUT2D eigenvalue weighted by atomic mass is 9.87. The maximum Gasteiger partial charge on any atom is 0.00792 e. The van der Waals surface area contributed by atoms with Crippen LogP contribution in [-0.4, -0.2) is 12.1 Å². The van der Waals surface area contributed by atoms with Crippen LogP contribution >= 0.6 is 0 Å². The Bertz CT molecular complexity index is 83.6. The fourth-order valence-corrected chi connectivity index (χ4v) is 1.53. The Morgan fingerprint density at radius 2 is 1.18 bits per heavy atom. The highest BCUT2D eigenvalue weighted by atomic mass is 14.7. The minimum Gasteiger partial charge on any atom is -0.327 e. The topological polar surface area (TPSA) is 52.0 Å². The summed E-state index contributed by atoms with van der Waals surface area (Å²) in [7, 11) is 0. The summed E-state index contributed by atoms with van der Waals surface area (Å²) in [6, 6.07) is 0.574. The Balaban J connectivity index is 3.92. The normalized spacial score (nSPS) is 19.4. The molecule has 0 rings (SSSR count). The third kappa shape index (κ3) is 3.21. The molecule has 0 aromatic carbocycles. The molecule has 2 atom stereocenters. The standard InChI is InChI=1S/C9H22N2/c1-4-7(8(10)5-2)9(11)6-3/h7-9H,4-6,10-11H2,1-3H3. The van der Waals surface area contributed by atoms with Crippen molar-refractivity contribution in [2.45, 2.75) is 52.1 Å². The van der Waals surface area contributed by atoms with Gasteiger partial charge in [-0.25, -0.2) is 0 Å². The molecule has 0 aliphatic carbocycles. The monoisotopic (exact) mass is 158 g/mol. The highest BCUT2D eigenvalue weighted by molar-refractivity contribution is 4.79. The van der Waals surface area contributed by atoms with Crippen molar-refractivity contribution in [1.82, 2.24) is 0 Å². The molecule has 0 heterocycles. The van der Waals surface area contributed by atoms with Crippen LogP contribution in [0, 0.1) is 5.92 Å². The van der Waals surface area contributed by atoms with Crippen LogP contribution in [0.4, 0.5) is 0 Å². The summed E-state index contributed by atoms with van der Waals surface area (Å²) in [5, 5.41) is 0. The van der Waals surface area contributed by atoms with Gasteiger partial charge in [-0.1, -0.05) is 27.2 Å². The summed E-state index contributed by atoms with van der Waals surface area (Å²) in [4.78, 5) is 0. The van der Waals surface area contributed by atoms with Crippen LogP contribution in [0.3, 0.4) is 0 Å². The van der Waals surface area contributed by atoms with Crippen molar-refractivity contribution >= 4 is 0 Å². The zero-order valence-electron chi connectivity index (χ0n) is 8.01. The fraction of sp³-hybridized carbons (Fsp3) is 1.00. The molecule has 2 heteroatoms. The SMILES string of the molecule is CCC(N)C(CC)C(N)CC. The zero-order valence-corrected chi connectivity index (χ0v) is 8.01. The Morgan fingerprint density at radius 3 is 1.36 bits per heavy atom. The van der Waals surface area contributed by atoms with Gasteiger partial charge in [0.25, 0.3) is 0 Å². The molecular weight excluding hydrogens is 136 g/mol. The molecule has 0 aliphatic heterocycles. The van der Waals surface area contributed by atoms with Gasteiger partial charge in [-0.3, -0.25) is 0 Å². The molecule has 0 aliphatic rings. The Labute approximate surface area is 70.3 Å². The summed E-state index contributed by atoms with van der Waals surface area (Å²) >= 11 is 0. The van der Waals surface area contributed by atoms with Crippen LogP contribution in [0.25, 0.3) is 0 Å². The van der Waals surface area contributed by atoms with Crippen molar-refractivity contribution in [3.8, 4) is 0 Å². The van der Waals surface area contributed by atoms with Crippen molar-refractivity contribution in [1.29, 1.82) is 0 Å². The molecule has 11 heavy (non-hydrogen) atoms. The van der Waals surface area contributed by atoms with E-state index >= 15 is 0 Å². The molecule has 0 amide bonds. The van der Waals surface area contributed by atoms with Gasteiger partial charge in [-0.2, -0.15) is 0 Å². The molecule has 0 aromatic rings. The molecular formula is C9H22N2. The first-order valence-corrected chi connectivity index (χ1v) is 4.68. The molecule has 0 fully saturated rings. The summed E-state index contributed by atoms with van der Waals surface area (Å²) in [6.07, 6.45) is 3.17. The molecule has 4 N–H and O–H groups in total. The first kappa shape index (κ1) is 10.9. The Kier molecular flexibility index (Phi) is 5.51. The minimum atomic E-state index is 0.287. The van der Waals surface area contributed by atoms with Crippen molar-refractivity contribution in [2.24, 2.45) is 17.4 Å². The van der Waals surface area contributed by atoms with E-state index in [9.17, 15) is 0 Å². The smallest absolute Gasteiger partial charge is 0.00792 e. The van der Waals surface area contributed by atoms with Crippen LogP contribution in [-0.2, 0) is 0 Å². The lowest BCUT2D eigenvalue weighted by Gasteiger charge is -2.26. The van der Waals surface area contributed by atoms with E-state index in [1.165, 1.54) is 0 Å². The lowest BCUT2D eigenvalue weighted by Crippen LogP contribution is -2.41. The van der Waals surface area contributed by atoms with Crippen LogP contribution in [0.1, 0.15) is 40.0 Å². The lowest BCUT2D eigenvalue weighted by molar-refractivity contribution is 0.325. The predicted molar refractivity (Wildman–Crippen MR) is 50.3 cm³/mol. The average molecular weight is 158 g/mol. The van der Waals surface area contributed by atoms with E-state index in [-0.39, 0.29) is 12.1 Å². The summed E-state index contributed by atoms with van der Waals surface area (Å²) in [5.41, 5.74) is 11.8. The highest BCUT2D eigenvalue weighted by Gasteiger charge is 2.19. The third-order valence-electron chi connectivity index (χ3n) is 2.51. The minimum absolute atomic E-state index is 0.287. The van der Waals surface area contributed by atoms with E-state index in [4.69, 9.17) is 11.5 Å². The summed E-state index contributed by atoms with van der Waals surface area (Å²) in [6.45, 7) is 6.40. The van der Waals surface area contributed by atoms with Gasteiger partial charge in [0.15, 0.2) is 0 Å². The van der Waals surface area contributed by atoms with Crippen molar-refractivity contribution in [3.05, 3.63) is 0 Å². The number of rotatable bonds is 5. The van der Waals surface area contributed by atoms with Gasteiger partial charge in [-0.15, -0.1) is 0 Å². The highest BCUT2D eigenvalue weighted by Crippen LogP contribution is 2.15. The third-order valence-corrected chi connectivity index (χ3v) is 2.51. The molecule has 0 radical (unpaired) electrons. The van der Waals surface area contributed by atoms with E-state index in [2.05, 4.69) is 20.8 Å². The number of hydrogen-bond donors (Lipinski definition) is 2. The molecule has 68 valence electrons. The number of nitrogens with two attached hydrogens (primary N) is 2. The van der Waals surface area contributed by atoms with E-state index in [0.29, 0.717) is 5.92 Å². The molecule has 0 bridgehead atoms. The average Bonchev–Trinajstić information content (AvgIpc) is 2.05. The first-order valence-electron chi connectivity index (χ1n) is 4.68. The molecule has 0 saturated heterocycles. The van der Waals surface area contributed by atoms with Crippen molar-refractivity contribution < 1.29 is 0 Å². The number of hydrogen-bond acceptors (Lipinski definition) is 2. The quantitative estimate of drug-likeness (QED) is 0.637. The largest absolute Gasteiger partial charge is 0.327 e. The van der Waals surface area contributed by atoms with Crippen LogP contribution in [0.15, 0.2) is 0 Å². The van der Waals surface area contributed by atoms with E-state index < -0.39 is 0 Å². The van der Waals surface area contributed by atoms with Gasteiger partial charge >= 0.3 is 0 Å². The molecule has 0 saturated carbocycles. The maximum absolute atomic E-state index is 5.92. The van der Waals surface area contributed by atoms with Gasteiger partial charge in [0.1, 0.15) is 0 Å². The molecule has 2 unspecified atom stereocenters. The molecule has 0 spiro atoms. The second kappa shape index (κ2) is 5.56. The Hall–Kier alpha value is -0.0800. The van der Waals surface area contributed by atoms with E-state index in [1.54, 1.807) is 0 Å². The fourth-order valence-electron chi connectivity index (χ4n) is 1.53. The predicted octanol–water partition coefficient (Wildman–Crippen LogP) is 1.49. The van der Waals surface area contributed by atoms with Gasteiger partial charge in [0.05, 0.1) is 0 Å². The zero-order chi connectivity index (χ0) is 8.85. The summed E-state index contributed by atoms with van der Waals surface area (Å²) < 4.78 is 0. The van der Waals surface area contributed by atoms with Crippen molar-refractivity contribution in [3.63, 3.8) is 0 Å². The van der Waals surface area contributed by atoms with Crippen molar-refractivity contribution in [2.75, 3.05) is 0 Å². The summed E-state index contributed by atoms with van der Waals surface area (Å²) in [5.74, 6) is 0.505. The molecule has 2 nitrogen and oxygen atoms in total. The van der Waals surface area contributed by atoms with E-state index in [0.717, 1.165) is 19.3 Å². The van der Waals surface area contributed by atoms with Crippen LogP contribution in [0.5, 0.6) is 0 Å². The second-order valence-electron chi connectivity index (χ2n) is 3.22. The Morgan fingerprint density at radius 1 is 0.818 bits per heavy atom. The van der Waals surface area contributed by atoms with Gasteiger partial charge < -0.3 is 11.5 Å². The van der Waals surface area contributed by atoms with Gasteiger partial charge in [0, 0.05) is 12.1 Å². The van der Waals surface area contributed by atoms with Gasteiger partial charge in [0.2, 0.25) is 0 Å². The second-order valence-corrected chi connectivity index (χ2v) is 3.22. The van der Waals surface area contributed by atoms with E-state index in [1.807, 2.05) is 0 Å². The van der Waals surface area contributed by atoms with Crippen LogP contribution in [0.2, 0.25) is 0 Å². The van der Waals surface area contributed by atoms with Crippen LogP contribution < -0.4 is 11.5 Å².